The number of nitrogens with one attached hydrogen (secondary N) is 1. The van der Waals surface area contributed by atoms with Crippen LogP contribution in [0.2, 0.25) is 0 Å². The van der Waals surface area contributed by atoms with E-state index in [-0.39, 0.29) is 0 Å². The van der Waals surface area contributed by atoms with Gasteiger partial charge in [0.1, 0.15) is 6.33 Å². The van der Waals surface area contributed by atoms with Gasteiger partial charge in [-0.3, -0.25) is 0 Å². The smallest absolute Gasteiger partial charge is 0.115 e. The molecule has 0 spiro atoms. The fourth-order valence-corrected chi connectivity index (χ4v) is 4.90. The zero-order valence-corrected chi connectivity index (χ0v) is 10.8. The molecule has 1 heterocycles. The summed E-state index contributed by atoms with van der Waals surface area (Å²) >= 11 is 0. The van der Waals surface area contributed by atoms with Gasteiger partial charge in [0, 0.05) is 18.8 Å². The summed E-state index contributed by atoms with van der Waals surface area (Å²) in [5, 5.41) is 3.79. The molecule has 4 aliphatic rings. The van der Waals surface area contributed by atoms with Crippen LogP contribution in [0.25, 0.3) is 0 Å². The van der Waals surface area contributed by atoms with Crippen LogP contribution in [0, 0.1) is 23.7 Å². The molecule has 0 amide bonds. The molecule has 3 nitrogen and oxygen atoms in total. The Kier molecular flexibility index (Phi) is 2.61. The zero-order valence-electron chi connectivity index (χ0n) is 10.8. The van der Waals surface area contributed by atoms with E-state index >= 15 is 0 Å². The largest absolute Gasteiger partial charge is 0.308 e. The van der Waals surface area contributed by atoms with Gasteiger partial charge in [0.15, 0.2) is 0 Å². The van der Waals surface area contributed by atoms with E-state index < -0.39 is 0 Å². The van der Waals surface area contributed by atoms with E-state index in [1.54, 1.807) is 6.33 Å². The highest BCUT2D eigenvalue weighted by Gasteiger charge is 2.47. The minimum atomic E-state index is 0.757. The highest BCUT2D eigenvalue weighted by Crippen LogP contribution is 2.53. The van der Waals surface area contributed by atoms with E-state index in [0.29, 0.717) is 0 Å². The topological polar surface area (TPSA) is 37.8 Å². The molecule has 5 rings (SSSR count). The highest BCUT2D eigenvalue weighted by atomic mass is 15.0. The Balaban J connectivity index is 1.43. The van der Waals surface area contributed by atoms with Crippen LogP contribution >= 0.6 is 0 Å². The van der Waals surface area contributed by atoms with Crippen LogP contribution in [0.3, 0.4) is 0 Å². The molecule has 4 fully saturated rings. The van der Waals surface area contributed by atoms with Crippen molar-refractivity contribution in [1.29, 1.82) is 0 Å². The van der Waals surface area contributed by atoms with Crippen molar-refractivity contribution in [3.05, 3.63) is 24.3 Å². The number of aromatic nitrogens is 2. The van der Waals surface area contributed by atoms with Gasteiger partial charge in [0.25, 0.3) is 0 Å². The summed E-state index contributed by atoms with van der Waals surface area (Å²) < 4.78 is 0. The van der Waals surface area contributed by atoms with Crippen molar-refractivity contribution in [3.63, 3.8) is 0 Å². The van der Waals surface area contributed by atoms with E-state index in [0.717, 1.165) is 42.0 Å². The minimum absolute atomic E-state index is 0.757. The molecule has 0 unspecified atom stereocenters. The molecule has 4 bridgehead atoms. The average Bonchev–Trinajstić information content (AvgIpc) is 2.38. The first-order chi connectivity index (χ1) is 8.88. The van der Waals surface area contributed by atoms with E-state index in [4.69, 9.17) is 0 Å². The summed E-state index contributed by atoms with van der Waals surface area (Å²) in [5.41, 5.74) is 1.12. The number of hydrogen-bond donors (Lipinski definition) is 1. The predicted octanol–water partition coefficient (Wildman–Crippen LogP) is 2.39. The van der Waals surface area contributed by atoms with E-state index in [2.05, 4.69) is 15.3 Å². The lowest BCUT2D eigenvalue weighted by Crippen LogP contribution is -2.54. The molecule has 0 aromatic carbocycles. The molecule has 96 valence electrons. The van der Waals surface area contributed by atoms with Gasteiger partial charge in [-0.2, -0.15) is 0 Å². The second-order valence-electron chi connectivity index (χ2n) is 6.54. The van der Waals surface area contributed by atoms with Crippen molar-refractivity contribution in [2.45, 2.75) is 44.7 Å². The van der Waals surface area contributed by atoms with Crippen molar-refractivity contribution in [2.75, 3.05) is 0 Å². The Morgan fingerprint density at radius 3 is 2.39 bits per heavy atom. The monoisotopic (exact) mass is 243 g/mol. The third kappa shape index (κ3) is 1.85. The number of rotatable bonds is 3. The van der Waals surface area contributed by atoms with Crippen molar-refractivity contribution >= 4 is 0 Å². The van der Waals surface area contributed by atoms with Crippen LogP contribution in [0.5, 0.6) is 0 Å². The van der Waals surface area contributed by atoms with Crippen molar-refractivity contribution in [3.8, 4) is 0 Å². The van der Waals surface area contributed by atoms with Gasteiger partial charge in [-0.1, -0.05) is 0 Å². The van der Waals surface area contributed by atoms with E-state index in [1.807, 2.05) is 12.3 Å². The third-order valence-corrected chi connectivity index (χ3v) is 5.39. The predicted molar refractivity (Wildman–Crippen MR) is 69.7 cm³/mol. The molecule has 3 heteroatoms. The fourth-order valence-electron chi connectivity index (χ4n) is 4.90. The van der Waals surface area contributed by atoms with Gasteiger partial charge >= 0.3 is 0 Å². The van der Waals surface area contributed by atoms with Crippen LogP contribution in [-0.4, -0.2) is 16.0 Å². The molecular weight excluding hydrogens is 222 g/mol. The molecule has 1 aromatic rings. The maximum Gasteiger partial charge on any atom is 0.115 e. The molecule has 0 atom stereocenters. The fraction of sp³-hybridized carbons (Fsp3) is 0.733. The van der Waals surface area contributed by atoms with Crippen LogP contribution in [0.4, 0.5) is 0 Å². The van der Waals surface area contributed by atoms with Crippen molar-refractivity contribution in [1.82, 2.24) is 15.3 Å². The molecular formula is C15H21N3. The SMILES string of the molecule is c1cc(CNC2C3CC4CC(C3)CC2C4)ncn1. The summed E-state index contributed by atoms with van der Waals surface area (Å²) in [6.07, 6.45) is 10.9. The van der Waals surface area contributed by atoms with Crippen molar-refractivity contribution in [2.24, 2.45) is 23.7 Å². The highest BCUT2D eigenvalue weighted by molar-refractivity contribution is 5.03. The Morgan fingerprint density at radius 1 is 1.06 bits per heavy atom. The van der Waals surface area contributed by atoms with E-state index in [9.17, 15) is 0 Å². The van der Waals surface area contributed by atoms with Crippen LogP contribution in [0.15, 0.2) is 18.6 Å². The molecule has 1 N–H and O–H groups in total. The second-order valence-corrected chi connectivity index (χ2v) is 6.54. The molecule has 4 saturated carbocycles. The lowest BCUT2D eigenvalue weighted by molar-refractivity contribution is -0.0143. The second kappa shape index (κ2) is 4.30. The number of nitrogens with zero attached hydrogens (tertiary/aromatic N) is 2. The molecule has 4 aliphatic carbocycles. The average molecular weight is 243 g/mol. The molecule has 18 heavy (non-hydrogen) atoms. The zero-order chi connectivity index (χ0) is 11.9. The Bertz CT molecular complexity index is 389. The quantitative estimate of drug-likeness (QED) is 0.885. The molecule has 0 saturated heterocycles. The summed E-state index contributed by atoms with van der Waals surface area (Å²) in [6, 6.07) is 2.77. The first kappa shape index (κ1) is 10.9. The van der Waals surface area contributed by atoms with Gasteiger partial charge in [0.05, 0.1) is 5.69 Å². The Morgan fingerprint density at radius 2 is 1.78 bits per heavy atom. The third-order valence-electron chi connectivity index (χ3n) is 5.39. The molecule has 1 aromatic heterocycles. The lowest BCUT2D eigenvalue weighted by atomic mass is 9.54. The maximum atomic E-state index is 4.31. The van der Waals surface area contributed by atoms with Crippen LogP contribution < -0.4 is 5.32 Å². The first-order valence-corrected chi connectivity index (χ1v) is 7.37. The lowest BCUT2D eigenvalue weighted by Gasteiger charge is -2.54. The summed E-state index contributed by atoms with van der Waals surface area (Å²) in [5.74, 6) is 4.01. The summed E-state index contributed by atoms with van der Waals surface area (Å²) in [4.78, 5) is 8.28. The number of hydrogen-bond acceptors (Lipinski definition) is 3. The standard InChI is InChI=1S/C15H21N3/c1-2-16-9-18-14(1)8-17-15-12-4-10-3-11(6-12)7-13(15)5-10/h1-2,9-13,15,17H,3-8H2. The van der Waals surface area contributed by atoms with Crippen molar-refractivity contribution < 1.29 is 0 Å². The minimum Gasteiger partial charge on any atom is -0.308 e. The molecule has 0 aliphatic heterocycles. The summed E-state index contributed by atoms with van der Waals surface area (Å²) in [7, 11) is 0. The summed E-state index contributed by atoms with van der Waals surface area (Å²) in [6.45, 7) is 0.912. The van der Waals surface area contributed by atoms with Gasteiger partial charge in [-0.15, -0.1) is 0 Å². The Labute approximate surface area is 108 Å². The Hall–Kier alpha value is -0.960. The van der Waals surface area contributed by atoms with Gasteiger partial charge in [-0.05, 0) is 61.8 Å². The van der Waals surface area contributed by atoms with Gasteiger partial charge in [0.2, 0.25) is 0 Å². The van der Waals surface area contributed by atoms with Gasteiger partial charge < -0.3 is 5.32 Å². The first-order valence-electron chi connectivity index (χ1n) is 7.37. The van der Waals surface area contributed by atoms with E-state index in [1.165, 1.54) is 32.1 Å². The normalized spacial score (nSPS) is 41.2. The van der Waals surface area contributed by atoms with Crippen LogP contribution in [0.1, 0.15) is 37.8 Å². The van der Waals surface area contributed by atoms with Gasteiger partial charge in [-0.25, -0.2) is 9.97 Å². The molecule has 0 radical (unpaired) electrons. The van der Waals surface area contributed by atoms with Crippen LogP contribution in [-0.2, 0) is 6.54 Å². The maximum absolute atomic E-state index is 4.31.